The molecule has 1 aromatic heterocycles. The molecule has 6 heteroatoms. The van der Waals surface area contributed by atoms with Crippen molar-refractivity contribution in [2.24, 2.45) is 11.8 Å². The van der Waals surface area contributed by atoms with Gasteiger partial charge in [-0.05, 0) is 56.3 Å². The molecule has 0 radical (unpaired) electrons. The molecule has 2 heterocycles. The number of nitrogens with one attached hydrogen (secondary N) is 2. The summed E-state index contributed by atoms with van der Waals surface area (Å²) >= 11 is 0. The van der Waals surface area contributed by atoms with E-state index in [1.165, 1.54) is 12.8 Å². The Morgan fingerprint density at radius 2 is 2.09 bits per heavy atom. The summed E-state index contributed by atoms with van der Waals surface area (Å²) in [4.78, 5) is 16.3. The van der Waals surface area contributed by atoms with E-state index in [1.807, 2.05) is 19.1 Å². The summed E-state index contributed by atoms with van der Waals surface area (Å²) in [5.41, 5.74) is 2.08. The Bertz CT molecular complexity index is 451. The van der Waals surface area contributed by atoms with Crippen molar-refractivity contribution in [1.82, 2.24) is 15.6 Å². The number of aromatic nitrogens is 1. The molecule has 1 saturated heterocycles. The van der Waals surface area contributed by atoms with Crippen molar-refractivity contribution in [3.8, 4) is 0 Å². The second kappa shape index (κ2) is 10.8. The van der Waals surface area contributed by atoms with Gasteiger partial charge in [-0.1, -0.05) is 13.0 Å². The average Bonchev–Trinajstić information content (AvgIpc) is 2.47. The van der Waals surface area contributed by atoms with Gasteiger partial charge in [0, 0.05) is 12.6 Å². The van der Waals surface area contributed by atoms with Crippen LogP contribution in [0.5, 0.6) is 0 Å². The van der Waals surface area contributed by atoms with Gasteiger partial charge in [0.25, 0.3) is 0 Å². The van der Waals surface area contributed by atoms with Gasteiger partial charge in [0.05, 0.1) is 12.2 Å². The first-order chi connectivity index (χ1) is 9.66. The number of hydrogen-bond acceptors (Lipinski definition) is 3. The highest BCUT2D eigenvalue weighted by molar-refractivity contribution is 5.85. The lowest BCUT2D eigenvalue weighted by Crippen LogP contribution is -2.33. The second-order valence-electron chi connectivity index (χ2n) is 5.81. The number of carbonyl (C=O) groups is 1. The van der Waals surface area contributed by atoms with Crippen LogP contribution in [-0.4, -0.2) is 24.0 Å². The standard InChI is InChI=1S/C16H25N3O.2ClH/c1-12-4-3-7-18-15(12)11-19-16(20)10-13(2)14-5-8-17-9-6-14;;/h3-4,7,13-14,17H,5-6,8-11H2,1-2H3,(H,19,20);2*1H. The van der Waals surface area contributed by atoms with E-state index in [0.29, 0.717) is 24.8 Å². The minimum absolute atomic E-state index is 0. The van der Waals surface area contributed by atoms with Crippen LogP contribution >= 0.6 is 24.8 Å². The van der Waals surface area contributed by atoms with E-state index in [0.717, 1.165) is 24.3 Å². The van der Waals surface area contributed by atoms with Crippen molar-refractivity contribution >= 4 is 30.7 Å². The largest absolute Gasteiger partial charge is 0.350 e. The minimum atomic E-state index is 0. The van der Waals surface area contributed by atoms with Gasteiger partial charge >= 0.3 is 0 Å². The van der Waals surface area contributed by atoms with Gasteiger partial charge in [-0.2, -0.15) is 0 Å². The molecule has 126 valence electrons. The van der Waals surface area contributed by atoms with Crippen molar-refractivity contribution in [2.45, 2.75) is 39.7 Å². The van der Waals surface area contributed by atoms with E-state index in [4.69, 9.17) is 0 Å². The molecule has 1 aromatic rings. The second-order valence-corrected chi connectivity index (χ2v) is 5.81. The van der Waals surface area contributed by atoms with Crippen molar-refractivity contribution < 1.29 is 4.79 Å². The number of nitrogens with zero attached hydrogens (tertiary/aromatic N) is 1. The van der Waals surface area contributed by atoms with Crippen LogP contribution in [-0.2, 0) is 11.3 Å². The summed E-state index contributed by atoms with van der Waals surface area (Å²) in [6, 6.07) is 3.94. The molecule has 2 rings (SSSR count). The van der Waals surface area contributed by atoms with Gasteiger partial charge in [0.15, 0.2) is 0 Å². The molecule has 0 saturated carbocycles. The fourth-order valence-electron chi connectivity index (χ4n) is 2.83. The van der Waals surface area contributed by atoms with E-state index < -0.39 is 0 Å². The molecule has 22 heavy (non-hydrogen) atoms. The molecule has 0 aliphatic carbocycles. The summed E-state index contributed by atoms with van der Waals surface area (Å²) in [6.07, 6.45) is 4.77. The Morgan fingerprint density at radius 3 is 2.73 bits per heavy atom. The van der Waals surface area contributed by atoms with Crippen LogP contribution in [0.2, 0.25) is 0 Å². The number of rotatable bonds is 5. The number of piperidine rings is 1. The Morgan fingerprint density at radius 1 is 1.41 bits per heavy atom. The Hall–Kier alpha value is -0.840. The van der Waals surface area contributed by atoms with Crippen molar-refractivity contribution in [3.05, 3.63) is 29.6 Å². The third-order valence-electron chi connectivity index (χ3n) is 4.27. The van der Waals surface area contributed by atoms with Gasteiger partial charge in [-0.3, -0.25) is 9.78 Å². The molecule has 2 N–H and O–H groups in total. The van der Waals surface area contributed by atoms with E-state index in [9.17, 15) is 4.79 Å². The molecular formula is C16H27Cl2N3O. The Kier molecular flexibility index (Phi) is 10.4. The zero-order valence-corrected chi connectivity index (χ0v) is 14.9. The minimum Gasteiger partial charge on any atom is -0.350 e. The molecule has 1 amide bonds. The van der Waals surface area contributed by atoms with E-state index in [-0.39, 0.29) is 30.7 Å². The third kappa shape index (κ3) is 6.51. The number of pyridine rings is 1. The number of carbonyl (C=O) groups excluding carboxylic acids is 1. The molecule has 0 spiro atoms. The molecule has 1 unspecified atom stereocenters. The van der Waals surface area contributed by atoms with Gasteiger partial charge in [0.1, 0.15) is 0 Å². The number of aryl methyl sites for hydroxylation is 1. The number of halogens is 2. The molecular weight excluding hydrogens is 321 g/mol. The van der Waals surface area contributed by atoms with Gasteiger partial charge in [-0.25, -0.2) is 0 Å². The summed E-state index contributed by atoms with van der Waals surface area (Å²) in [5.74, 6) is 1.28. The highest BCUT2D eigenvalue weighted by Gasteiger charge is 2.21. The van der Waals surface area contributed by atoms with E-state index in [2.05, 4.69) is 22.5 Å². The fraction of sp³-hybridized carbons (Fsp3) is 0.625. The van der Waals surface area contributed by atoms with E-state index in [1.54, 1.807) is 6.20 Å². The van der Waals surface area contributed by atoms with Crippen LogP contribution in [0.1, 0.15) is 37.4 Å². The SMILES string of the molecule is Cc1cccnc1CNC(=O)CC(C)C1CCNCC1.Cl.Cl. The molecule has 0 aromatic carbocycles. The molecule has 0 bridgehead atoms. The normalized spacial score (nSPS) is 16.1. The topological polar surface area (TPSA) is 54.0 Å². The van der Waals surface area contributed by atoms with Crippen LogP contribution < -0.4 is 10.6 Å². The predicted octanol–water partition coefficient (Wildman–Crippen LogP) is 2.88. The highest BCUT2D eigenvalue weighted by Crippen LogP contribution is 2.24. The van der Waals surface area contributed by atoms with Gasteiger partial charge in [-0.15, -0.1) is 24.8 Å². The quantitative estimate of drug-likeness (QED) is 0.860. The lowest BCUT2D eigenvalue weighted by Gasteiger charge is -2.27. The zero-order valence-electron chi connectivity index (χ0n) is 13.3. The smallest absolute Gasteiger partial charge is 0.220 e. The van der Waals surface area contributed by atoms with Crippen molar-refractivity contribution in [3.63, 3.8) is 0 Å². The average molecular weight is 348 g/mol. The summed E-state index contributed by atoms with van der Waals surface area (Å²) in [5, 5.41) is 6.36. The predicted molar refractivity (Wildman–Crippen MR) is 94.7 cm³/mol. The Balaban J connectivity index is 0.00000220. The van der Waals surface area contributed by atoms with Crippen LogP contribution in [0.15, 0.2) is 18.3 Å². The first-order valence-corrected chi connectivity index (χ1v) is 7.54. The van der Waals surface area contributed by atoms with E-state index >= 15 is 0 Å². The van der Waals surface area contributed by atoms with Gasteiger partial charge < -0.3 is 10.6 Å². The third-order valence-corrected chi connectivity index (χ3v) is 4.27. The maximum atomic E-state index is 12.0. The van der Waals surface area contributed by atoms with Crippen LogP contribution in [0.25, 0.3) is 0 Å². The first-order valence-electron chi connectivity index (χ1n) is 7.54. The van der Waals surface area contributed by atoms with Crippen molar-refractivity contribution in [1.29, 1.82) is 0 Å². The molecule has 1 aliphatic rings. The maximum Gasteiger partial charge on any atom is 0.220 e. The summed E-state index contributed by atoms with van der Waals surface area (Å²) in [6.45, 7) is 6.92. The fourth-order valence-corrected chi connectivity index (χ4v) is 2.83. The first kappa shape index (κ1) is 21.2. The van der Waals surface area contributed by atoms with Crippen LogP contribution in [0.3, 0.4) is 0 Å². The lowest BCUT2D eigenvalue weighted by atomic mass is 9.84. The number of hydrogen-bond donors (Lipinski definition) is 2. The lowest BCUT2D eigenvalue weighted by molar-refractivity contribution is -0.122. The maximum absolute atomic E-state index is 12.0. The van der Waals surface area contributed by atoms with Crippen LogP contribution in [0, 0.1) is 18.8 Å². The van der Waals surface area contributed by atoms with Gasteiger partial charge in [0.2, 0.25) is 5.91 Å². The number of amides is 1. The van der Waals surface area contributed by atoms with Crippen LogP contribution in [0.4, 0.5) is 0 Å². The van der Waals surface area contributed by atoms with Crippen molar-refractivity contribution in [2.75, 3.05) is 13.1 Å². The summed E-state index contributed by atoms with van der Waals surface area (Å²) < 4.78 is 0. The highest BCUT2D eigenvalue weighted by atomic mass is 35.5. The molecule has 4 nitrogen and oxygen atoms in total. The molecule has 1 atom stereocenters. The summed E-state index contributed by atoms with van der Waals surface area (Å²) in [7, 11) is 0. The Labute approximate surface area is 145 Å². The zero-order chi connectivity index (χ0) is 14.4. The monoisotopic (exact) mass is 347 g/mol. The molecule has 1 fully saturated rings. The molecule has 1 aliphatic heterocycles.